The third kappa shape index (κ3) is 6.18. The molecule has 42 valence electrons. The zero-order valence-electron chi connectivity index (χ0n) is 5.03. The highest BCUT2D eigenvalue weighted by molar-refractivity contribution is 6.26. The van der Waals surface area contributed by atoms with Crippen molar-refractivity contribution in [1.82, 2.24) is 0 Å². The van der Waals surface area contributed by atoms with E-state index in [-0.39, 0.29) is 0 Å². The lowest BCUT2D eigenvalue weighted by Crippen LogP contribution is -1.90. The lowest BCUT2D eigenvalue weighted by molar-refractivity contribution is 0.439. The Morgan fingerprint density at radius 1 is 1.57 bits per heavy atom. The molecule has 0 aliphatic rings. The molecule has 0 atom stereocenters. The smallest absolute Gasteiger partial charge is 0.229 e. The van der Waals surface area contributed by atoms with E-state index in [2.05, 4.69) is 6.92 Å². The summed E-state index contributed by atoms with van der Waals surface area (Å²) in [6, 6.07) is 1.24. The van der Waals surface area contributed by atoms with Crippen molar-refractivity contribution in [3.63, 3.8) is 0 Å². The number of hydrogen-bond donors (Lipinski definition) is 0. The van der Waals surface area contributed by atoms with Crippen LogP contribution < -0.4 is 0 Å². The predicted molar refractivity (Wildman–Crippen MR) is 32.5 cm³/mol. The summed E-state index contributed by atoms with van der Waals surface area (Å²) in [5.41, 5.74) is 0. The van der Waals surface area contributed by atoms with Crippen LogP contribution in [0, 0.1) is 0 Å². The molecular weight excluding hydrogens is 104 g/mol. The van der Waals surface area contributed by atoms with Crippen LogP contribution >= 0.6 is 0 Å². The van der Waals surface area contributed by atoms with Gasteiger partial charge in [-0.3, -0.25) is 0 Å². The molecule has 0 saturated heterocycles. The van der Waals surface area contributed by atoms with E-state index in [9.17, 15) is 0 Å². The maximum absolute atomic E-state index is 4.87. The maximum atomic E-state index is 4.87. The Balaban J connectivity index is 2.45. The van der Waals surface area contributed by atoms with E-state index in [1.54, 1.807) is 7.11 Å². The van der Waals surface area contributed by atoms with Gasteiger partial charge in [0.05, 0.1) is 0 Å². The molecule has 0 fully saturated rings. The van der Waals surface area contributed by atoms with Crippen LogP contribution in [0.4, 0.5) is 0 Å². The fourth-order valence-electron chi connectivity index (χ4n) is 0.351. The van der Waals surface area contributed by atoms with Gasteiger partial charge in [0.25, 0.3) is 0 Å². The summed E-state index contributed by atoms with van der Waals surface area (Å²) in [7, 11) is 2.48. The van der Waals surface area contributed by atoms with Crippen LogP contribution in [-0.4, -0.2) is 16.9 Å². The van der Waals surface area contributed by atoms with Gasteiger partial charge in [-0.15, -0.1) is 0 Å². The highest BCUT2D eigenvalue weighted by Crippen LogP contribution is 1.91. The summed E-state index contributed by atoms with van der Waals surface area (Å²) in [5.74, 6) is 0. The van der Waals surface area contributed by atoms with E-state index < -0.39 is 0 Å². The first-order valence-corrected chi connectivity index (χ1v) is 3.79. The molecule has 0 aromatic carbocycles. The molecule has 0 rings (SSSR count). The maximum Gasteiger partial charge on any atom is 0.229 e. The van der Waals surface area contributed by atoms with Crippen molar-refractivity contribution in [2.24, 2.45) is 0 Å². The zero-order chi connectivity index (χ0) is 5.54. The molecule has 0 aliphatic carbocycles. The van der Waals surface area contributed by atoms with Gasteiger partial charge >= 0.3 is 0 Å². The van der Waals surface area contributed by atoms with E-state index >= 15 is 0 Å². The Kier molecular flexibility index (Phi) is 6.33. The fraction of sp³-hybridized carbons (Fsp3) is 1.00. The molecule has 1 nitrogen and oxygen atoms in total. The van der Waals surface area contributed by atoms with Crippen molar-refractivity contribution < 1.29 is 4.43 Å². The normalized spacial score (nSPS) is 9.43. The minimum absolute atomic E-state index is 0.722. The average molecular weight is 116 g/mol. The van der Waals surface area contributed by atoms with Crippen molar-refractivity contribution in [3.8, 4) is 0 Å². The molecule has 0 spiro atoms. The first-order chi connectivity index (χ1) is 3.41. The second kappa shape index (κ2) is 6.18. The Labute approximate surface area is 48.0 Å². The third-order valence-corrected chi connectivity index (χ3v) is 1.62. The Morgan fingerprint density at radius 2 is 2.29 bits per heavy atom. The van der Waals surface area contributed by atoms with Crippen molar-refractivity contribution >= 4 is 9.76 Å². The molecule has 0 aliphatic heterocycles. The van der Waals surface area contributed by atoms with Crippen LogP contribution in [0.1, 0.15) is 19.8 Å². The molecule has 0 N–H and O–H groups in total. The summed E-state index contributed by atoms with van der Waals surface area (Å²) in [5, 5.41) is 0. The van der Waals surface area contributed by atoms with Gasteiger partial charge in [-0.25, -0.2) is 0 Å². The van der Waals surface area contributed by atoms with E-state index in [0.29, 0.717) is 0 Å². The van der Waals surface area contributed by atoms with Crippen LogP contribution in [-0.2, 0) is 4.43 Å². The van der Waals surface area contributed by atoms with Crippen LogP contribution in [0.2, 0.25) is 6.04 Å². The van der Waals surface area contributed by atoms with Crippen molar-refractivity contribution in [2.45, 2.75) is 25.8 Å². The van der Waals surface area contributed by atoms with Gasteiger partial charge in [-0.2, -0.15) is 0 Å². The van der Waals surface area contributed by atoms with Crippen LogP contribution in [0.3, 0.4) is 0 Å². The van der Waals surface area contributed by atoms with E-state index in [4.69, 9.17) is 4.43 Å². The molecular formula is C5H12OSi. The van der Waals surface area contributed by atoms with E-state index in [0.717, 1.165) is 9.76 Å². The summed E-state index contributed by atoms with van der Waals surface area (Å²) in [6.45, 7) is 2.19. The lowest BCUT2D eigenvalue weighted by Gasteiger charge is -1.90. The highest BCUT2D eigenvalue weighted by atomic mass is 28.2. The molecule has 2 radical (unpaired) electrons. The Morgan fingerprint density at radius 3 is 2.71 bits per heavy atom. The quantitative estimate of drug-likeness (QED) is 0.399. The first kappa shape index (κ1) is 7.18. The van der Waals surface area contributed by atoms with Gasteiger partial charge in [0.1, 0.15) is 0 Å². The standard InChI is InChI=1S/C5H12OSi/c1-3-4-5-7-6-2/h3-5H2,1-2H3. The zero-order valence-corrected chi connectivity index (χ0v) is 6.03. The van der Waals surface area contributed by atoms with Gasteiger partial charge in [-0.05, 0) is 6.04 Å². The molecule has 0 amide bonds. The van der Waals surface area contributed by atoms with Gasteiger partial charge in [0.15, 0.2) is 0 Å². The molecule has 0 unspecified atom stereocenters. The van der Waals surface area contributed by atoms with E-state index in [1.165, 1.54) is 18.9 Å². The second-order valence-corrected chi connectivity index (χ2v) is 2.65. The fourth-order valence-corrected chi connectivity index (χ4v) is 1.05. The molecule has 2 heteroatoms. The topological polar surface area (TPSA) is 9.23 Å². The molecule has 0 aromatic rings. The molecule has 0 aromatic heterocycles. The molecule has 0 saturated carbocycles. The van der Waals surface area contributed by atoms with Gasteiger partial charge in [0, 0.05) is 7.11 Å². The van der Waals surface area contributed by atoms with Gasteiger partial charge in [0.2, 0.25) is 9.76 Å². The average Bonchev–Trinajstić information content (AvgIpc) is 1.69. The summed E-state index contributed by atoms with van der Waals surface area (Å²) < 4.78 is 4.87. The van der Waals surface area contributed by atoms with Gasteiger partial charge < -0.3 is 4.43 Å². The van der Waals surface area contributed by atoms with Crippen molar-refractivity contribution in [2.75, 3.05) is 7.11 Å². The molecule has 7 heavy (non-hydrogen) atoms. The molecule has 0 heterocycles. The molecule has 0 bridgehead atoms. The van der Waals surface area contributed by atoms with Gasteiger partial charge in [-0.1, -0.05) is 19.8 Å². The van der Waals surface area contributed by atoms with Crippen LogP contribution in [0.5, 0.6) is 0 Å². The highest BCUT2D eigenvalue weighted by Gasteiger charge is 1.83. The summed E-state index contributed by atoms with van der Waals surface area (Å²) in [4.78, 5) is 0. The van der Waals surface area contributed by atoms with Crippen molar-refractivity contribution in [1.29, 1.82) is 0 Å². The van der Waals surface area contributed by atoms with E-state index in [1.807, 2.05) is 0 Å². The van der Waals surface area contributed by atoms with Crippen LogP contribution in [0.25, 0.3) is 0 Å². The van der Waals surface area contributed by atoms with Crippen molar-refractivity contribution in [3.05, 3.63) is 0 Å². The summed E-state index contributed by atoms with van der Waals surface area (Å²) >= 11 is 0. The summed E-state index contributed by atoms with van der Waals surface area (Å²) in [6.07, 6.45) is 2.60. The number of hydrogen-bond acceptors (Lipinski definition) is 1. The first-order valence-electron chi connectivity index (χ1n) is 2.67. The largest absolute Gasteiger partial charge is 0.421 e. The lowest BCUT2D eigenvalue weighted by atomic mass is 10.4. The predicted octanol–water partition coefficient (Wildman–Crippen LogP) is 1.47. The number of unbranched alkanes of at least 4 members (excludes halogenated alkanes) is 1. The van der Waals surface area contributed by atoms with Crippen LogP contribution in [0.15, 0.2) is 0 Å². The number of rotatable bonds is 4. The monoisotopic (exact) mass is 116 g/mol. The Bertz CT molecular complexity index is 27.3. The minimum atomic E-state index is 0.722. The third-order valence-electron chi connectivity index (χ3n) is 0.777. The minimum Gasteiger partial charge on any atom is -0.421 e. The SMILES string of the molecule is CCCC[Si]OC. The Hall–Kier alpha value is 0.177. The second-order valence-electron chi connectivity index (χ2n) is 1.45.